The summed E-state index contributed by atoms with van der Waals surface area (Å²) in [6.45, 7) is 3.72. The number of aromatic nitrogens is 1. The number of carbonyl (C=O) groups is 1. The van der Waals surface area contributed by atoms with Crippen molar-refractivity contribution in [3.63, 3.8) is 0 Å². The van der Waals surface area contributed by atoms with Crippen LogP contribution in [0.15, 0.2) is 84.0 Å². The van der Waals surface area contributed by atoms with E-state index >= 15 is 0 Å². The molecule has 1 N–H and O–H groups in total. The fraction of sp³-hybridized carbons (Fsp3) is 0.250. The Labute approximate surface area is 188 Å². The van der Waals surface area contributed by atoms with Crippen LogP contribution >= 0.6 is 0 Å². The van der Waals surface area contributed by atoms with Crippen LogP contribution < -0.4 is 4.72 Å². The fourth-order valence-electron chi connectivity index (χ4n) is 3.70. The van der Waals surface area contributed by atoms with Gasteiger partial charge in [0.15, 0.2) is 0 Å². The summed E-state index contributed by atoms with van der Waals surface area (Å²) in [6.07, 6.45) is 3.61. The van der Waals surface area contributed by atoms with Gasteiger partial charge in [0.2, 0.25) is 10.0 Å². The maximum absolute atomic E-state index is 13.0. The van der Waals surface area contributed by atoms with Crippen molar-refractivity contribution in [2.24, 2.45) is 0 Å². The SMILES string of the molecule is O=C(c1cccc(S(=O)(=O)NCc2ccccc2)c1)N1CCN(Cc2cccnc2)CC1. The Hall–Kier alpha value is -3.07. The number of sulfonamides is 1. The highest BCUT2D eigenvalue weighted by Crippen LogP contribution is 2.16. The van der Waals surface area contributed by atoms with Crippen LogP contribution in [-0.2, 0) is 23.1 Å². The summed E-state index contributed by atoms with van der Waals surface area (Å²) >= 11 is 0. The van der Waals surface area contributed by atoms with Crippen LogP contribution in [0, 0.1) is 0 Å². The van der Waals surface area contributed by atoms with Gasteiger partial charge in [-0.1, -0.05) is 42.5 Å². The first-order valence-corrected chi connectivity index (χ1v) is 12.0. The Morgan fingerprint density at radius 3 is 2.38 bits per heavy atom. The van der Waals surface area contributed by atoms with E-state index in [-0.39, 0.29) is 17.3 Å². The molecule has 1 aliphatic heterocycles. The number of amides is 1. The van der Waals surface area contributed by atoms with Crippen LogP contribution in [0.3, 0.4) is 0 Å². The van der Waals surface area contributed by atoms with Crippen LogP contribution in [0.2, 0.25) is 0 Å². The summed E-state index contributed by atoms with van der Waals surface area (Å²) in [5, 5.41) is 0. The minimum Gasteiger partial charge on any atom is -0.336 e. The van der Waals surface area contributed by atoms with Crippen molar-refractivity contribution in [3.05, 3.63) is 95.8 Å². The number of benzene rings is 2. The quantitative estimate of drug-likeness (QED) is 0.598. The van der Waals surface area contributed by atoms with Crippen molar-refractivity contribution in [2.45, 2.75) is 18.0 Å². The van der Waals surface area contributed by atoms with Crippen molar-refractivity contribution in [1.82, 2.24) is 19.5 Å². The van der Waals surface area contributed by atoms with Gasteiger partial charge in [0, 0.05) is 57.2 Å². The highest BCUT2D eigenvalue weighted by molar-refractivity contribution is 7.89. The summed E-state index contributed by atoms with van der Waals surface area (Å²) in [5.41, 5.74) is 2.40. The van der Waals surface area contributed by atoms with Gasteiger partial charge in [0.1, 0.15) is 0 Å². The molecular formula is C24H26N4O3S. The Morgan fingerprint density at radius 2 is 1.66 bits per heavy atom. The molecule has 166 valence electrons. The van der Waals surface area contributed by atoms with Crippen molar-refractivity contribution in [1.29, 1.82) is 0 Å². The molecule has 0 atom stereocenters. The first kappa shape index (κ1) is 22.1. The van der Waals surface area contributed by atoms with Crippen LogP contribution in [0.4, 0.5) is 0 Å². The minimum absolute atomic E-state index is 0.0921. The Bertz CT molecular complexity index is 1150. The van der Waals surface area contributed by atoms with E-state index in [2.05, 4.69) is 14.6 Å². The largest absolute Gasteiger partial charge is 0.336 e. The van der Waals surface area contributed by atoms with Gasteiger partial charge in [0.05, 0.1) is 4.90 Å². The summed E-state index contributed by atoms with van der Waals surface area (Å²) in [7, 11) is -3.72. The second kappa shape index (κ2) is 10.0. The van der Waals surface area contributed by atoms with E-state index in [1.165, 1.54) is 12.1 Å². The molecule has 0 aliphatic carbocycles. The topological polar surface area (TPSA) is 82.6 Å². The molecule has 1 amide bonds. The Morgan fingerprint density at radius 1 is 0.906 bits per heavy atom. The van der Waals surface area contributed by atoms with E-state index in [0.29, 0.717) is 18.7 Å². The third kappa shape index (κ3) is 5.59. The van der Waals surface area contributed by atoms with E-state index in [4.69, 9.17) is 0 Å². The molecular weight excluding hydrogens is 424 g/mol. The first-order chi connectivity index (χ1) is 15.5. The van der Waals surface area contributed by atoms with Gasteiger partial charge in [-0.05, 0) is 35.4 Å². The predicted molar refractivity (Wildman–Crippen MR) is 122 cm³/mol. The van der Waals surface area contributed by atoms with Crippen LogP contribution in [0.5, 0.6) is 0 Å². The number of hydrogen-bond acceptors (Lipinski definition) is 5. The highest BCUT2D eigenvalue weighted by Gasteiger charge is 2.23. The van der Waals surface area contributed by atoms with E-state index < -0.39 is 10.0 Å². The third-order valence-corrected chi connectivity index (χ3v) is 6.89. The molecule has 0 unspecified atom stereocenters. The van der Waals surface area contributed by atoms with Gasteiger partial charge >= 0.3 is 0 Å². The van der Waals surface area contributed by atoms with Crippen molar-refractivity contribution < 1.29 is 13.2 Å². The molecule has 1 aliphatic rings. The molecule has 32 heavy (non-hydrogen) atoms. The molecule has 0 bridgehead atoms. The average Bonchev–Trinajstić information content (AvgIpc) is 2.84. The third-order valence-electron chi connectivity index (χ3n) is 5.49. The number of nitrogens with one attached hydrogen (secondary N) is 1. The summed E-state index contributed by atoms with van der Waals surface area (Å²) < 4.78 is 28.1. The van der Waals surface area contributed by atoms with Gasteiger partial charge in [-0.15, -0.1) is 0 Å². The van der Waals surface area contributed by atoms with Gasteiger partial charge in [-0.25, -0.2) is 13.1 Å². The lowest BCUT2D eigenvalue weighted by Crippen LogP contribution is -2.48. The molecule has 0 radical (unpaired) electrons. The van der Waals surface area contributed by atoms with Crippen molar-refractivity contribution in [3.8, 4) is 0 Å². The number of piperazine rings is 1. The molecule has 7 nitrogen and oxygen atoms in total. The number of rotatable bonds is 7. The number of carbonyl (C=O) groups excluding carboxylic acids is 1. The number of hydrogen-bond donors (Lipinski definition) is 1. The number of nitrogens with zero attached hydrogens (tertiary/aromatic N) is 3. The normalized spacial score (nSPS) is 14.9. The maximum Gasteiger partial charge on any atom is 0.253 e. The van der Waals surface area contributed by atoms with Gasteiger partial charge in [-0.3, -0.25) is 14.7 Å². The zero-order valence-electron chi connectivity index (χ0n) is 17.7. The van der Waals surface area contributed by atoms with Gasteiger partial charge in [-0.2, -0.15) is 0 Å². The summed E-state index contributed by atoms with van der Waals surface area (Å²) in [6, 6.07) is 19.5. The minimum atomic E-state index is -3.72. The van der Waals surface area contributed by atoms with Crippen molar-refractivity contribution in [2.75, 3.05) is 26.2 Å². The zero-order chi connectivity index (χ0) is 22.4. The molecule has 2 aromatic carbocycles. The molecule has 2 heterocycles. The lowest BCUT2D eigenvalue weighted by molar-refractivity contribution is 0.0628. The second-order valence-electron chi connectivity index (χ2n) is 7.77. The average molecular weight is 451 g/mol. The Balaban J connectivity index is 1.37. The summed E-state index contributed by atoms with van der Waals surface area (Å²) in [4.78, 5) is 21.3. The smallest absolute Gasteiger partial charge is 0.253 e. The van der Waals surface area contributed by atoms with Crippen molar-refractivity contribution >= 4 is 15.9 Å². The molecule has 0 spiro atoms. The number of pyridine rings is 1. The van der Waals surface area contributed by atoms with Crippen LogP contribution in [0.1, 0.15) is 21.5 Å². The summed E-state index contributed by atoms with van der Waals surface area (Å²) in [5.74, 6) is -0.147. The van der Waals surface area contributed by atoms with Gasteiger partial charge in [0.25, 0.3) is 5.91 Å². The highest BCUT2D eigenvalue weighted by atomic mass is 32.2. The van der Waals surface area contributed by atoms with E-state index in [1.54, 1.807) is 23.2 Å². The zero-order valence-corrected chi connectivity index (χ0v) is 18.5. The van der Waals surface area contributed by atoms with E-state index in [9.17, 15) is 13.2 Å². The first-order valence-electron chi connectivity index (χ1n) is 10.6. The molecule has 1 fully saturated rings. The van der Waals surface area contributed by atoms with Crippen LogP contribution in [0.25, 0.3) is 0 Å². The second-order valence-corrected chi connectivity index (χ2v) is 9.53. The molecule has 3 aromatic rings. The van der Waals surface area contributed by atoms with Gasteiger partial charge < -0.3 is 4.90 Å². The lowest BCUT2D eigenvalue weighted by Gasteiger charge is -2.34. The molecule has 8 heteroatoms. The lowest BCUT2D eigenvalue weighted by atomic mass is 10.1. The van der Waals surface area contributed by atoms with Crippen LogP contribution in [-0.4, -0.2) is 55.3 Å². The Kier molecular flexibility index (Phi) is 6.94. The monoisotopic (exact) mass is 450 g/mol. The standard InChI is InChI=1S/C24H26N4O3S/c29-24(28-14-12-27(13-15-28)19-21-8-5-11-25-17-21)22-9-4-10-23(16-22)32(30,31)26-18-20-6-2-1-3-7-20/h1-11,16-17,26H,12-15,18-19H2. The molecule has 0 saturated carbocycles. The molecule has 1 aromatic heterocycles. The fourth-order valence-corrected chi connectivity index (χ4v) is 4.76. The van der Waals surface area contributed by atoms with E-state index in [0.717, 1.165) is 30.8 Å². The van der Waals surface area contributed by atoms with E-state index in [1.807, 2.05) is 48.7 Å². The maximum atomic E-state index is 13.0. The molecule has 4 rings (SSSR count). The molecule has 1 saturated heterocycles. The predicted octanol–water partition coefficient (Wildman–Crippen LogP) is 2.52.